The van der Waals surface area contributed by atoms with Crippen LogP contribution in [0.2, 0.25) is 0 Å². The van der Waals surface area contributed by atoms with Crippen molar-refractivity contribution < 1.29 is 4.42 Å². The molecule has 0 fully saturated rings. The van der Waals surface area contributed by atoms with E-state index in [0.717, 1.165) is 17.9 Å². The Hall–Kier alpha value is -0.925. The van der Waals surface area contributed by atoms with E-state index < -0.39 is 0 Å². The normalized spacial score (nSPS) is 24.9. The molecule has 0 saturated heterocycles. The van der Waals surface area contributed by atoms with Crippen molar-refractivity contribution in [2.75, 3.05) is 0 Å². The average molecular weight is 248 g/mol. The van der Waals surface area contributed by atoms with Crippen molar-refractivity contribution in [3.8, 4) is 0 Å². The molecule has 4 heteroatoms. The molecule has 2 rings (SSSR count). The van der Waals surface area contributed by atoms with E-state index in [9.17, 15) is 0 Å². The molecule has 1 heterocycles. The van der Waals surface area contributed by atoms with Gasteiger partial charge in [-0.3, -0.25) is 4.57 Å². The van der Waals surface area contributed by atoms with Crippen LogP contribution in [0, 0.1) is 0 Å². The molecule has 1 unspecified atom stereocenters. The molecule has 1 aliphatic carbocycles. The molecule has 0 radical (unpaired) electrons. The number of aromatic nitrogens is 1. The number of rotatable bonds is 2. The van der Waals surface area contributed by atoms with Crippen LogP contribution in [0.1, 0.15) is 65.0 Å². The van der Waals surface area contributed by atoms with Crippen LogP contribution in [0.5, 0.6) is 0 Å². The lowest BCUT2D eigenvalue weighted by molar-refractivity contribution is 0.366. The Kier molecular flexibility index (Phi) is 3.48. The Morgan fingerprint density at radius 1 is 1.33 bits per heavy atom. The zero-order chi connectivity index (χ0) is 13.5. The van der Waals surface area contributed by atoms with Crippen LogP contribution in [0.25, 0.3) is 0 Å². The van der Waals surface area contributed by atoms with Gasteiger partial charge in [-0.1, -0.05) is 6.92 Å². The Morgan fingerprint density at radius 2 is 2.00 bits per heavy atom. The molecule has 0 amide bonds. The Labute approximate surface area is 111 Å². The number of oxazole rings is 1. The predicted molar refractivity (Wildman–Crippen MR) is 76.6 cm³/mol. The fourth-order valence-corrected chi connectivity index (χ4v) is 2.84. The highest BCUT2D eigenvalue weighted by atomic mass is 16.4. The first kappa shape index (κ1) is 13.5. The van der Waals surface area contributed by atoms with Gasteiger partial charge in [0.15, 0.2) is 0 Å². The summed E-state index contributed by atoms with van der Waals surface area (Å²) < 4.78 is 8.41. The third-order valence-corrected chi connectivity index (χ3v) is 3.67. The maximum atomic E-state index is 6.12. The maximum Gasteiger partial charge on any atom is 0.297 e. The van der Waals surface area contributed by atoms with E-state index in [1.165, 1.54) is 18.5 Å². The third-order valence-electron chi connectivity index (χ3n) is 3.67. The number of nitrogens with zero attached hydrogens (tertiary/aromatic N) is 2. The number of hydrogen-bond donors (Lipinski definition) is 0. The first-order valence-electron chi connectivity index (χ1n) is 7.11. The second kappa shape index (κ2) is 4.63. The fraction of sp³-hybridized carbons (Fsp3) is 0.786. The summed E-state index contributed by atoms with van der Waals surface area (Å²) in [7, 11) is 2.28. The highest BCUT2D eigenvalue weighted by Gasteiger charge is 2.34. The quantitative estimate of drug-likeness (QED) is 0.737. The Morgan fingerprint density at radius 3 is 2.56 bits per heavy atom. The van der Waals surface area contributed by atoms with Crippen LogP contribution < -0.4 is 5.68 Å². The van der Waals surface area contributed by atoms with Crippen molar-refractivity contribution in [2.45, 2.75) is 71.3 Å². The second-order valence-corrected chi connectivity index (χ2v) is 6.58. The van der Waals surface area contributed by atoms with E-state index in [0.29, 0.717) is 6.04 Å². The first-order chi connectivity index (χ1) is 8.33. The van der Waals surface area contributed by atoms with Gasteiger partial charge in [-0.2, -0.15) is 0 Å². The molecular weight excluding hydrogens is 223 g/mol. The molecule has 18 heavy (non-hydrogen) atoms. The van der Waals surface area contributed by atoms with Gasteiger partial charge in [0.25, 0.3) is 5.68 Å². The molecule has 1 aromatic heterocycles. The minimum atomic E-state index is 0.148. The summed E-state index contributed by atoms with van der Waals surface area (Å²) >= 11 is 0. The molecule has 0 saturated carbocycles. The van der Waals surface area contributed by atoms with E-state index in [1.54, 1.807) is 0 Å². The third kappa shape index (κ3) is 2.29. The van der Waals surface area contributed by atoms with E-state index >= 15 is 0 Å². The van der Waals surface area contributed by atoms with E-state index in [1.807, 2.05) is 0 Å². The zero-order valence-corrected chi connectivity index (χ0v) is 12.6. The molecule has 1 aliphatic rings. The summed E-state index contributed by atoms with van der Waals surface area (Å²) in [6, 6.07) is 0.676. The fourth-order valence-electron chi connectivity index (χ4n) is 2.84. The molecule has 3 nitrogen and oxygen atoms in total. The predicted octanol–water partition coefficient (Wildman–Crippen LogP) is 2.16. The molecule has 0 bridgehead atoms. The van der Waals surface area contributed by atoms with Crippen molar-refractivity contribution in [3.05, 3.63) is 17.1 Å². The highest BCUT2D eigenvalue weighted by molar-refractivity contribution is 6.15. The first-order valence-corrected chi connectivity index (χ1v) is 7.11. The van der Waals surface area contributed by atoms with Crippen molar-refractivity contribution in [3.63, 3.8) is 0 Å². The average Bonchev–Trinajstić information content (AvgIpc) is 2.56. The molecule has 0 spiro atoms. The zero-order valence-electron chi connectivity index (χ0n) is 12.6. The summed E-state index contributed by atoms with van der Waals surface area (Å²) in [6.07, 6.45) is 3.56. The summed E-state index contributed by atoms with van der Waals surface area (Å²) in [6.45, 7) is 10.9. The van der Waals surface area contributed by atoms with Gasteiger partial charge in [0.1, 0.15) is 13.6 Å². The molecule has 1 atom stereocenters. The van der Waals surface area contributed by atoms with Crippen LogP contribution in [0.15, 0.2) is 9.41 Å². The number of fused-ring (bicyclic) bond motifs is 1. The minimum Gasteiger partial charge on any atom is -0.429 e. The van der Waals surface area contributed by atoms with E-state index in [-0.39, 0.29) is 11.4 Å². The van der Waals surface area contributed by atoms with Crippen molar-refractivity contribution in [1.29, 1.82) is 0 Å². The molecule has 0 aromatic carbocycles. The van der Waals surface area contributed by atoms with Gasteiger partial charge >= 0.3 is 0 Å². The summed E-state index contributed by atoms with van der Waals surface area (Å²) in [5, 5.41) is 0.148. The van der Waals surface area contributed by atoms with Crippen molar-refractivity contribution in [2.24, 2.45) is 4.99 Å². The molecule has 0 N–H and O–H groups in total. The summed E-state index contributed by atoms with van der Waals surface area (Å²) in [4.78, 5) is 4.65. The number of hydrogen-bond acceptors (Lipinski definition) is 2. The summed E-state index contributed by atoms with van der Waals surface area (Å²) in [5.41, 5.74) is 2.17. The lowest BCUT2D eigenvalue weighted by Crippen LogP contribution is -2.28. The van der Waals surface area contributed by atoms with Gasteiger partial charge in [0, 0.05) is 12.1 Å². The smallest absolute Gasteiger partial charge is 0.297 e. The standard InChI is InChI=1S/C14H25BN2O/c1-9(2)16-13-17(10(3)4)11-7-6-8-14(5,15)12(11)18-13/h9-10H,6-8,15H2,1-5H3/b16-13-. The molecule has 0 aliphatic heterocycles. The summed E-state index contributed by atoms with van der Waals surface area (Å²) in [5.74, 6) is 1.15. The SMILES string of the molecule is BC1(C)CCCc2c1o/c(=N\C(C)C)n2C(C)C. The van der Waals surface area contributed by atoms with Crippen LogP contribution >= 0.6 is 0 Å². The van der Waals surface area contributed by atoms with Crippen LogP contribution in [0.4, 0.5) is 0 Å². The van der Waals surface area contributed by atoms with Gasteiger partial charge in [-0.05, 0) is 52.3 Å². The molecule has 100 valence electrons. The van der Waals surface area contributed by atoms with Crippen LogP contribution in [0.3, 0.4) is 0 Å². The van der Waals surface area contributed by atoms with Crippen LogP contribution in [-0.4, -0.2) is 18.5 Å². The van der Waals surface area contributed by atoms with Crippen molar-refractivity contribution >= 4 is 7.85 Å². The van der Waals surface area contributed by atoms with Crippen molar-refractivity contribution in [1.82, 2.24) is 4.57 Å². The highest BCUT2D eigenvalue weighted by Crippen LogP contribution is 2.34. The monoisotopic (exact) mass is 248 g/mol. The lowest BCUT2D eigenvalue weighted by Gasteiger charge is -2.28. The molecular formula is C14H25BN2O. The lowest BCUT2D eigenvalue weighted by atomic mass is 9.62. The van der Waals surface area contributed by atoms with E-state index in [2.05, 4.69) is 52.0 Å². The van der Waals surface area contributed by atoms with Gasteiger partial charge in [0.05, 0.1) is 5.69 Å². The molecule has 1 aromatic rings. The van der Waals surface area contributed by atoms with Gasteiger partial charge in [-0.15, -0.1) is 0 Å². The Balaban J connectivity index is 2.67. The Bertz CT molecular complexity index is 494. The van der Waals surface area contributed by atoms with E-state index in [4.69, 9.17) is 4.42 Å². The van der Waals surface area contributed by atoms with Crippen LogP contribution in [-0.2, 0) is 11.7 Å². The topological polar surface area (TPSA) is 30.4 Å². The maximum absolute atomic E-state index is 6.12. The second-order valence-electron chi connectivity index (χ2n) is 6.58. The van der Waals surface area contributed by atoms with Gasteiger partial charge in [0.2, 0.25) is 0 Å². The van der Waals surface area contributed by atoms with Gasteiger partial charge < -0.3 is 4.42 Å². The minimum absolute atomic E-state index is 0.148. The largest absolute Gasteiger partial charge is 0.429 e. The van der Waals surface area contributed by atoms with Gasteiger partial charge in [-0.25, -0.2) is 4.99 Å².